The van der Waals surface area contributed by atoms with Gasteiger partial charge in [0.2, 0.25) is 5.91 Å². The van der Waals surface area contributed by atoms with Gasteiger partial charge in [0.25, 0.3) is 5.91 Å². The van der Waals surface area contributed by atoms with Crippen molar-refractivity contribution in [1.82, 2.24) is 0 Å². The van der Waals surface area contributed by atoms with E-state index < -0.39 is 0 Å². The highest BCUT2D eigenvalue weighted by atomic mass is 35.5. The Kier molecular flexibility index (Phi) is 6.35. The number of nitrogens with zero attached hydrogens (tertiary/aromatic N) is 1. The van der Waals surface area contributed by atoms with Crippen molar-refractivity contribution in [3.8, 4) is 0 Å². The van der Waals surface area contributed by atoms with Crippen LogP contribution in [0.25, 0.3) is 0 Å². The fourth-order valence-electron chi connectivity index (χ4n) is 3.58. The molecule has 3 aromatic rings. The van der Waals surface area contributed by atoms with Crippen LogP contribution in [0.1, 0.15) is 46.6 Å². The first-order valence-electron chi connectivity index (χ1n) is 10.1. The lowest BCUT2D eigenvalue weighted by molar-refractivity contribution is -0.115. The molecule has 1 N–H and O–H groups in total. The van der Waals surface area contributed by atoms with Gasteiger partial charge in [-0.05, 0) is 53.4 Å². The van der Waals surface area contributed by atoms with Crippen molar-refractivity contribution in [2.75, 3.05) is 16.0 Å². The van der Waals surface area contributed by atoms with Crippen molar-refractivity contribution < 1.29 is 9.59 Å². The highest BCUT2D eigenvalue weighted by molar-refractivity contribution is 8.00. The number of carbonyl (C=O) groups excluding carboxylic acids is 2. The zero-order valence-electron chi connectivity index (χ0n) is 17.3. The normalized spacial score (nSPS) is 16.1. The van der Waals surface area contributed by atoms with Crippen molar-refractivity contribution in [2.45, 2.75) is 25.1 Å². The van der Waals surface area contributed by atoms with Gasteiger partial charge >= 0.3 is 0 Å². The van der Waals surface area contributed by atoms with Gasteiger partial charge in [-0.1, -0.05) is 61.8 Å². The molecule has 1 heterocycles. The SMILES string of the molecule is CC(C)c1ccc(N2C(=O)CS[C@H]2c2cccc(NC(=O)c3ccccc3Cl)c2)cc1. The topological polar surface area (TPSA) is 49.4 Å². The predicted molar refractivity (Wildman–Crippen MR) is 129 cm³/mol. The summed E-state index contributed by atoms with van der Waals surface area (Å²) >= 11 is 7.73. The molecule has 1 aliphatic heterocycles. The average molecular weight is 451 g/mol. The summed E-state index contributed by atoms with van der Waals surface area (Å²) in [6.07, 6.45) is 0. The van der Waals surface area contributed by atoms with Gasteiger partial charge in [-0.2, -0.15) is 0 Å². The van der Waals surface area contributed by atoms with Crippen LogP contribution in [0.15, 0.2) is 72.8 Å². The third-order valence-electron chi connectivity index (χ3n) is 5.25. The number of amides is 2. The van der Waals surface area contributed by atoms with Gasteiger partial charge in [-0.3, -0.25) is 14.5 Å². The van der Waals surface area contributed by atoms with Crippen LogP contribution in [0.5, 0.6) is 0 Å². The lowest BCUT2D eigenvalue weighted by atomic mass is 10.0. The van der Waals surface area contributed by atoms with Crippen molar-refractivity contribution in [2.24, 2.45) is 0 Å². The maximum atomic E-state index is 12.7. The highest BCUT2D eigenvalue weighted by Crippen LogP contribution is 2.42. The summed E-state index contributed by atoms with van der Waals surface area (Å²) in [6, 6.07) is 22.7. The van der Waals surface area contributed by atoms with E-state index in [0.29, 0.717) is 27.9 Å². The fourth-order valence-corrected chi connectivity index (χ4v) is 4.97. The largest absolute Gasteiger partial charge is 0.322 e. The van der Waals surface area contributed by atoms with Crippen LogP contribution in [0.3, 0.4) is 0 Å². The van der Waals surface area contributed by atoms with Crippen molar-refractivity contribution >= 4 is 46.6 Å². The number of anilines is 2. The smallest absolute Gasteiger partial charge is 0.257 e. The number of halogens is 1. The maximum absolute atomic E-state index is 12.7. The molecular formula is C25H23ClN2O2S. The quantitative estimate of drug-likeness (QED) is 0.483. The van der Waals surface area contributed by atoms with Crippen LogP contribution < -0.4 is 10.2 Å². The van der Waals surface area contributed by atoms with Gasteiger partial charge in [0.1, 0.15) is 5.37 Å². The molecule has 2 amide bonds. The summed E-state index contributed by atoms with van der Waals surface area (Å²) in [5, 5.41) is 3.18. The van der Waals surface area contributed by atoms with Crippen molar-refractivity contribution in [3.05, 3.63) is 94.5 Å². The minimum Gasteiger partial charge on any atom is -0.322 e. The van der Waals surface area contributed by atoms with E-state index in [4.69, 9.17) is 11.6 Å². The van der Waals surface area contributed by atoms with Gasteiger partial charge in [-0.25, -0.2) is 0 Å². The predicted octanol–water partition coefficient (Wildman–Crippen LogP) is 6.49. The molecule has 0 radical (unpaired) electrons. The number of thioether (sulfide) groups is 1. The Hall–Kier alpha value is -2.76. The first-order chi connectivity index (χ1) is 14.9. The molecule has 1 saturated heterocycles. The van der Waals surface area contributed by atoms with Gasteiger partial charge in [0, 0.05) is 11.4 Å². The first-order valence-corrected chi connectivity index (χ1v) is 11.6. The van der Waals surface area contributed by atoms with E-state index in [-0.39, 0.29) is 17.2 Å². The average Bonchev–Trinajstić information content (AvgIpc) is 3.15. The number of hydrogen-bond donors (Lipinski definition) is 1. The first kappa shape index (κ1) is 21.5. The summed E-state index contributed by atoms with van der Waals surface area (Å²) in [5.41, 5.74) is 4.17. The Bertz CT molecular complexity index is 1110. The van der Waals surface area contributed by atoms with Crippen LogP contribution in [-0.4, -0.2) is 17.6 Å². The Morgan fingerprint density at radius 1 is 1.06 bits per heavy atom. The number of nitrogens with one attached hydrogen (secondary N) is 1. The van der Waals surface area contributed by atoms with Crippen LogP contribution in [0.2, 0.25) is 5.02 Å². The van der Waals surface area contributed by atoms with Crippen molar-refractivity contribution in [1.29, 1.82) is 0 Å². The second-order valence-corrected chi connectivity index (χ2v) is 9.21. The summed E-state index contributed by atoms with van der Waals surface area (Å²) in [5.74, 6) is 0.677. The van der Waals surface area contributed by atoms with E-state index in [1.165, 1.54) is 5.56 Å². The molecule has 0 aliphatic carbocycles. The molecule has 158 valence electrons. The second-order valence-electron chi connectivity index (χ2n) is 7.73. The fraction of sp³-hybridized carbons (Fsp3) is 0.200. The number of hydrogen-bond acceptors (Lipinski definition) is 3. The summed E-state index contributed by atoms with van der Waals surface area (Å²) in [4.78, 5) is 27.1. The molecule has 31 heavy (non-hydrogen) atoms. The zero-order chi connectivity index (χ0) is 22.0. The van der Waals surface area contributed by atoms with E-state index in [0.717, 1.165) is 11.3 Å². The molecule has 1 fully saturated rings. The van der Waals surface area contributed by atoms with Gasteiger partial charge in [-0.15, -0.1) is 11.8 Å². The highest BCUT2D eigenvalue weighted by Gasteiger charge is 2.34. The molecule has 4 nitrogen and oxygen atoms in total. The third-order valence-corrected chi connectivity index (χ3v) is 6.80. The molecule has 0 bridgehead atoms. The Morgan fingerprint density at radius 3 is 2.52 bits per heavy atom. The standard InChI is InChI=1S/C25H23ClN2O2S/c1-16(2)17-10-12-20(13-11-17)28-23(29)15-31-25(28)18-6-5-7-19(14-18)27-24(30)21-8-3-4-9-22(21)26/h3-14,16,25H,15H2,1-2H3,(H,27,30)/t25-/m0/s1. The van der Waals surface area contributed by atoms with E-state index >= 15 is 0 Å². The lowest BCUT2D eigenvalue weighted by Gasteiger charge is -2.25. The minimum absolute atomic E-state index is 0.0813. The Balaban J connectivity index is 1.58. The molecule has 4 rings (SSSR count). The molecular weight excluding hydrogens is 428 g/mol. The monoisotopic (exact) mass is 450 g/mol. The van der Waals surface area contributed by atoms with Gasteiger partial charge in [0.15, 0.2) is 0 Å². The van der Waals surface area contributed by atoms with Crippen molar-refractivity contribution in [3.63, 3.8) is 0 Å². The van der Waals surface area contributed by atoms with E-state index in [1.54, 1.807) is 36.0 Å². The molecule has 1 atom stereocenters. The molecule has 3 aromatic carbocycles. The summed E-state index contributed by atoms with van der Waals surface area (Å²) in [6.45, 7) is 4.30. The molecule has 0 spiro atoms. The Labute approximate surface area is 191 Å². The van der Waals surface area contributed by atoms with Gasteiger partial charge < -0.3 is 5.32 Å². The van der Waals surface area contributed by atoms with E-state index in [9.17, 15) is 9.59 Å². The molecule has 0 saturated carbocycles. The van der Waals surface area contributed by atoms with E-state index in [2.05, 4.69) is 31.3 Å². The van der Waals surface area contributed by atoms with Crippen LogP contribution in [-0.2, 0) is 4.79 Å². The summed E-state index contributed by atoms with van der Waals surface area (Å²) in [7, 11) is 0. The van der Waals surface area contributed by atoms with Crippen LogP contribution in [0.4, 0.5) is 11.4 Å². The van der Waals surface area contributed by atoms with Crippen LogP contribution in [0, 0.1) is 0 Å². The molecule has 0 unspecified atom stereocenters. The zero-order valence-corrected chi connectivity index (χ0v) is 18.9. The molecule has 0 aromatic heterocycles. The Morgan fingerprint density at radius 2 is 1.81 bits per heavy atom. The number of carbonyl (C=O) groups is 2. The third kappa shape index (κ3) is 4.63. The molecule has 6 heteroatoms. The number of benzene rings is 3. The van der Waals surface area contributed by atoms with Crippen LogP contribution >= 0.6 is 23.4 Å². The second kappa shape index (κ2) is 9.16. The maximum Gasteiger partial charge on any atom is 0.257 e. The lowest BCUT2D eigenvalue weighted by Crippen LogP contribution is -2.27. The summed E-state index contributed by atoms with van der Waals surface area (Å²) < 4.78 is 0. The van der Waals surface area contributed by atoms with E-state index in [1.807, 2.05) is 41.3 Å². The number of rotatable bonds is 5. The molecule has 1 aliphatic rings. The van der Waals surface area contributed by atoms with Gasteiger partial charge in [0.05, 0.1) is 16.3 Å². The minimum atomic E-state index is -0.265.